The first-order valence-electron chi connectivity index (χ1n) is 13.1. The predicted octanol–water partition coefficient (Wildman–Crippen LogP) is 2.80. The number of β-amino-alcohol motifs (C(OH)–C–C–N with tert-alkyl or cyclic N) is 1. The largest absolute Gasteiger partial charge is 0.395 e. The lowest BCUT2D eigenvalue weighted by molar-refractivity contribution is 0.103. The lowest BCUT2D eigenvalue weighted by Gasteiger charge is -2.34. The minimum atomic E-state index is -4.00. The van der Waals surface area contributed by atoms with Gasteiger partial charge < -0.3 is 15.0 Å². The number of aromatic nitrogens is 4. The normalized spacial score (nSPS) is 14.5. The number of piperazine rings is 1. The number of nitrogens with one attached hydrogen (secondary N) is 2. The second-order valence-electron chi connectivity index (χ2n) is 9.68. The number of halogens is 2. The molecule has 4 aromatic rings. The van der Waals surface area contributed by atoms with Crippen molar-refractivity contribution in [1.82, 2.24) is 24.8 Å². The Hall–Kier alpha value is -4.01. The van der Waals surface area contributed by atoms with E-state index in [1.807, 2.05) is 4.72 Å². The van der Waals surface area contributed by atoms with E-state index >= 15 is 4.39 Å². The first-order valence-corrected chi connectivity index (χ1v) is 14.8. The number of carbonyl (C=O) groups excluding carboxylic acids is 1. The van der Waals surface area contributed by atoms with Crippen molar-refractivity contribution in [2.45, 2.75) is 13.3 Å². The second kappa shape index (κ2) is 11.8. The number of rotatable bonds is 10. The van der Waals surface area contributed by atoms with Gasteiger partial charge in [-0.2, -0.15) is 0 Å². The summed E-state index contributed by atoms with van der Waals surface area (Å²) in [6, 6.07) is 3.53. The quantitative estimate of drug-likeness (QED) is 0.239. The Labute approximate surface area is 235 Å². The van der Waals surface area contributed by atoms with Crippen molar-refractivity contribution < 1.29 is 27.1 Å². The average molecular weight is 586 g/mol. The lowest BCUT2D eigenvalue weighted by Crippen LogP contribution is -2.47. The number of hydrogen-bond donors (Lipinski definition) is 3. The van der Waals surface area contributed by atoms with Crippen molar-refractivity contribution in [2.24, 2.45) is 0 Å². The number of pyridine rings is 1. The Morgan fingerprint density at radius 1 is 1.05 bits per heavy atom. The Bertz CT molecular complexity index is 1670. The number of carbonyl (C=O) groups is 1. The van der Waals surface area contributed by atoms with Gasteiger partial charge in [0, 0.05) is 79.6 Å². The zero-order chi connectivity index (χ0) is 29.1. The zero-order valence-electron chi connectivity index (χ0n) is 22.3. The number of sulfonamides is 1. The van der Waals surface area contributed by atoms with Crippen molar-refractivity contribution in [3.8, 4) is 11.1 Å². The number of anilines is 2. The maximum atomic E-state index is 15.3. The highest BCUT2D eigenvalue weighted by atomic mass is 32.2. The topological polar surface area (TPSA) is 144 Å². The summed E-state index contributed by atoms with van der Waals surface area (Å²) in [5.74, 6) is -2.93. The summed E-state index contributed by atoms with van der Waals surface area (Å²) in [5.41, 5.74) is 0.358. The SMILES string of the molecule is CCCS(=O)(=O)Nc1c(F)ccc(C(=O)c2c[nH]c3ncc(-c4cnc(N5CCN(CCO)CC5)nc4)cc23)c1F. The summed E-state index contributed by atoms with van der Waals surface area (Å²) in [7, 11) is -4.00. The van der Waals surface area contributed by atoms with E-state index in [9.17, 15) is 17.6 Å². The molecule has 1 aliphatic heterocycles. The van der Waals surface area contributed by atoms with Crippen LogP contribution in [0.2, 0.25) is 0 Å². The molecule has 0 unspecified atom stereocenters. The number of aliphatic hydroxyl groups excluding tert-OH is 1. The third-order valence-corrected chi connectivity index (χ3v) is 8.35. The van der Waals surface area contributed by atoms with Gasteiger partial charge in [-0.25, -0.2) is 32.2 Å². The van der Waals surface area contributed by atoms with Crippen molar-refractivity contribution >= 4 is 38.5 Å². The van der Waals surface area contributed by atoms with Gasteiger partial charge in [-0.1, -0.05) is 6.92 Å². The van der Waals surface area contributed by atoms with Crippen LogP contribution in [0.15, 0.2) is 43.0 Å². The van der Waals surface area contributed by atoms with E-state index in [-0.39, 0.29) is 24.3 Å². The van der Waals surface area contributed by atoms with Crippen LogP contribution in [-0.4, -0.2) is 89.2 Å². The van der Waals surface area contributed by atoms with Gasteiger partial charge >= 0.3 is 0 Å². The van der Waals surface area contributed by atoms with Crippen LogP contribution in [0.4, 0.5) is 20.4 Å². The Morgan fingerprint density at radius 2 is 1.76 bits per heavy atom. The number of ketones is 1. The molecule has 1 aromatic carbocycles. The van der Waals surface area contributed by atoms with Crippen molar-refractivity contribution in [2.75, 3.05) is 54.7 Å². The Kier molecular flexibility index (Phi) is 8.24. The smallest absolute Gasteiger partial charge is 0.232 e. The number of benzene rings is 1. The number of fused-ring (bicyclic) bond motifs is 1. The predicted molar refractivity (Wildman–Crippen MR) is 150 cm³/mol. The second-order valence-corrected chi connectivity index (χ2v) is 11.5. The summed E-state index contributed by atoms with van der Waals surface area (Å²) in [4.78, 5) is 33.9. The fourth-order valence-corrected chi connectivity index (χ4v) is 5.87. The molecule has 0 atom stereocenters. The summed E-state index contributed by atoms with van der Waals surface area (Å²) < 4.78 is 55.9. The molecule has 11 nitrogen and oxygen atoms in total. The molecule has 1 fully saturated rings. The standard InChI is InChI=1S/C27H29F2N7O4S/c1-2-11-41(39,40)34-24-22(28)4-3-19(23(24)29)25(38)21-16-31-26-20(21)12-17(13-30-26)18-14-32-27(33-15-18)36-7-5-35(6-8-36)9-10-37/h3-4,12-16,34,37H,2,5-11H2,1H3,(H,30,31). The number of nitrogens with zero attached hydrogens (tertiary/aromatic N) is 5. The van der Waals surface area contributed by atoms with Crippen LogP contribution in [0.25, 0.3) is 22.2 Å². The number of aromatic amines is 1. The summed E-state index contributed by atoms with van der Waals surface area (Å²) >= 11 is 0. The van der Waals surface area contributed by atoms with Crippen LogP contribution in [0.1, 0.15) is 29.3 Å². The van der Waals surface area contributed by atoms with Crippen LogP contribution >= 0.6 is 0 Å². The molecule has 0 radical (unpaired) electrons. The third-order valence-electron chi connectivity index (χ3n) is 6.88. The number of aliphatic hydroxyl groups is 1. The van der Waals surface area contributed by atoms with Gasteiger partial charge in [0.25, 0.3) is 0 Å². The molecule has 14 heteroatoms. The molecule has 1 saturated heterocycles. The maximum Gasteiger partial charge on any atom is 0.232 e. The summed E-state index contributed by atoms with van der Waals surface area (Å²) in [6.07, 6.45) is 6.54. The van der Waals surface area contributed by atoms with Gasteiger partial charge in [-0.15, -0.1) is 0 Å². The molecule has 3 N–H and O–H groups in total. The van der Waals surface area contributed by atoms with E-state index in [2.05, 4.69) is 29.7 Å². The van der Waals surface area contributed by atoms with Gasteiger partial charge in [0.2, 0.25) is 16.0 Å². The van der Waals surface area contributed by atoms with Crippen LogP contribution < -0.4 is 9.62 Å². The van der Waals surface area contributed by atoms with Gasteiger partial charge in [-0.05, 0) is 24.6 Å². The molecule has 0 bridgehead atoms. The molecule has 1 aliphatic rings. The molecule has 0 spiro atoms. The Balaban J connectivity index is 1.40. The van der Waals surface area contributed by atoms with Crippen LogP contribution in [0.5, 0.6) is 0 Å². The van der Waals surface area contributed by atoms with Crippen LogP contribution in [0.3, 0.4) is 0 Å². The Morgan fingerprint density at radius 3 is 2.44 bits per heavy atom. The fraction of sp³-hybridized carbons (Fsp3) is 0.333. The molecule has 0 aliphatic carbocycles. The van der Waals surface area contributed by atoms with E-state index < -0.39 is 38.7 Å². The van der Waals surface area contributed by atoms with E-state index in [0.717, 1.165) is 38.3 Å². The van der Waals surface area contributed by atoms with E-state index in [1.165, 1.54) is 6.20 Å². The van der Waals surface area contributed by atoms with E-state index in [0.29, 0.717) is 34.7 Å². The molecule has 0 saturated carbocycles. The number of H-pyrrole nitrogens is 1. The highest BCUT2D eigenvalue weighted by molar-refractivity contribution is 7.92. The third kappa shape index (κ3) is 6.04. The first kappa shape index (κ1) is 28.5. The monoisotopic (exact) mass is 585 g/mol. The minimum absolute atomic E-state index is 0.0838. The highest BCUT2D eigenvalue weighted by Gasteiger charge is 2.25. The molecule has 0 amide bonds. The maximum absolute atomic E-state index is 15.3. The summed E-state index contributed by atoms with van der Waals surface area (Å²) in [6.45, 7) is 5.47. The molecular weight excluding hydrogens is 556 g/mol. The number of hydrogen-bond acceptors (Lipinski definition) is 9. The molecular formula is C27H29F2N7O4S. The fourth-order valence-electron chi connectivity index (χ4n) is 4.74. The molecule has 216 valence electrons. The van der Waals surface area contributed by atoms with Gasteiger partial charge in [0.1, 0.15) is 17.2 Å². The molecule has 41 heavy (non-hydrogen) atoms. The molecule has 3 aromatic heterocycles. The molecule has 4 heterocycles. The average Bonchev–Trinajstić information content (AvgIpc) is 3.39. The van der Waals surface area contributed by atoms with Crippen LogP contribution in [0, 0.1) is 11.6 Å². The highest BCUT2D eigenvalue weighted by Crippen LogP contribution is 2.29. The van der Waals surface area contributed by atoms with Crippen molar-refractivity contribution in [1.29, 1.82) is 0 Å². The van der Waals surface area contributed by atoms with Crippen LogP contribution in [-0.2, 0) is 10.0 Å². The lowest BCUT2D eigenvalue weighted by atomic mass is 10.0. The van der Waals surface area contributed by atoms with Gasteiger partial charge in [-0.3, -0.25) is 14.4 Å². The van der Waals surface area contributed by atoms with E-state index in [4.69, 9.17) is 5.11 Å². The first-order chi connectivity index (χ1) is 19.7. The van der Waals surface area contributed by atoms with Gasteiger partial charge in [0.05, 0.1) is 17.9 Å². The zero-order valence-corrected chi connectivity index (χ0v) is 23.1. The van der Waals surface area contributed by atoms with Crippen molar-refractivity contribution in [3.63, 3.8) is 0 Å². The summed E-state index contributed by atoms with van der Waals surface area (Å²) in [5, 5.41) is 9.52. The van der Waals surface area contributed by atoms with Crippen molar-refractivity contribution in [3.05, 3.63) is 65.7 Å². The van der Waals surface area contributed by atoms with E-state index in [1.54, 1.807) is 31.6 Å². The van der Waals surface area contributed by atoms with Gasteiger partial charge in [0.15, 0.2) is 11.6 Å². The minimum Gasteiger partial charge on any atom is -0.395 e. The molecule has 5 rings (SSSR count).